The molecule has 0 spiro atoms. The van der Waals surface area contributed by atoms with Gasteiger partial charge in [0.1, 0.15) is 0 Å². The molecule has 0 aliphatic heterocycles. The standard InChI is InChI=1S/C9H16F3N3O2/c1-2-6(7(13)15-17)8(16)14-5-3-4-9(10,11)12/h6,17H,2-5H2,1H3,(H2,13,15)(H,14,16). The van der Waals surface area contributed by atoms with Gasteiger partial charge in [0.2, 0.25) is 5.91 Å². The van der Waals surface area contributed by atoms with E-state index in [4.69, 9.17) is 10.9 Å². The summed E-state index contributed by atoms with van der Waals surface area (Å²) in [6, 6.07) is 0. The van der Waals surface area contributed by atoms with Gasteiger partial charge in [-0.05, 0) is 12.8 Å². The zero-order valence-corrected chi connectivity index (χ0v) is 9.42. The quantitative estimate of drug-likeness (QED) is 0.219. The number of nitrogens with one attached hydrogen (secondary N) is 1. The molecule has 0 aliphatic carbocycles. The Morgan fingerprint density at radius 2 is 2.12 bits per heavy atom. The Labute approximate surface area is 96.9 Å². The van der Waals surface area contributed by atoms with Gasteiger partial charge < -0.3 is 16.3 Å². The van der Waals surface area contributed by atoms with E-state index in [9.17, 15) is 18.0 Å². The monoisotopic (exact) mass is 255 g/mol. The zero-order valence-electron chi connectivity index (χ0n) is 9.42. The van der Waals surface area contributed by atoms with Crippen molar-refractivity contribution >= 4 is 11.7 Å². The molecule has 0 aromatic heterocycles. The summed E-state index contributed by atoms with van der Waals surface area (Å²) in [5.41, 5.74) is 5.26. The van der Waals surface area contributed by atoms with Crippen molar-refractivity contribution in [3.63, 3.8) is 0 Å². The van der Waals surface area contributed by atoms with Crippen LogP contribution in [0, 0.1) is 5.92 Å². The van der Waals surface area contributed by atoms with E-state index in [0.717, 1.165) is 0 Å². The highest BCUT2D eigenvalue weighted by Crippen LogP contribution is 2.20. The predicted molar refractivity (Wildman–Crippen MR) is 55.5 cm³/mol. The third-order valence-electron chi connectivity index (χ3n) is 2.13. The number of carbonyl (C=O) groups is 1. The molecule has 17 heavy (non-hydrogen) atoms. The fraction of sp³-hybridized carbons (Fsp3) is 0.778. The number of hydrogen-bond donors (Lipinski definition) is 3. The van der Waals surface area contributed by atoms with Gasteiger partial charge in [0.05, 0.1) is 5.92 Å². The molecule has 1 amide bonds. The lowest BCUT2D eigenvalue weighted by Gasteiger charge is -2.13. The molecule has 0 rings (SSSR count). The van der Waals surface area contributed by atoms with E-state index in [1.807, 2.05) is 0 Å². The molecule has 0 fully saturated rings. The first-order valence-corrected chi connectivity index (χ1v) is 5.13. The minimum Gasteiger partial charge on any atom is -0.409 e. The molecule has 0 aromatic carbocycles. The van der Waals surface area contributed by atoms with Crippen LogP contribution in [0.2, 0.25) is 0 Å². The van der Waals surface area contributed by atoms with Crippen LogP contribution in [0.3, 0.4) is 0 Å². The maximum absolute atomic E-state index is 11.8. The lowest BCUT2D eigenvalue weighted by Crippen LogP contribution is -2.39. The van der Waals surface area contributed by atoms with Gasteiger partial charge in [0, 0.05) is 13.0 Å². The third-order valence-corrected chi connectivity index (χ3v) is 2.13. The van der Waals surface area contributed by atoms with Crippen molar-refractivity contribution in [2.24, 2.45) is 16.8 Å². The summed E-state index contributed by atoms with van der Waals surface area (Å²) in [5, 5.41) is 13.4. The average Bonchev–Trinajstić information content (AvgIpc) is 2.23. The smallest absolute Gasteiger partial charge is 0.389 e. The molecule has 4 N–H and O–H groups in total. The van der Waals surface area contributed by atoms with Crippen LogP contribution < -0.4 is 11.1 Å². The van der Waals surface area contributed by atoms with Gasteiger partial charge in [-0.1, -0.05) is 12.1 Å². The summed E-state index contributed by atoms with van der Waals surface area (Å²) in [6.07, 6.45) is -5.06. The van der Waals surface area contributed by atoms with Gasteiger partial charge in [-0.25, -0.2) is 0 Å². The van der Waals surface area contributed by atoms with Gasteiger partial charge in [-0.15, -0.1) is 0 Å². The van der Waals surface area contributed by atoms with E-state index in [1.165, 1.54) is 0 Å². The maximum atomic E-state index is 11.8. The second-order valence-corrected chi connectivity index (χ2v) is 3.50. The summed E-state index contributed by atoms with van der Waals surface area (Å²) >= 11 is 0. The van der Waals surface area contributed by atoms with Crippen molar-refractivity contribution in [1.29, 1.82) is 0 Å². The minimum absolute atomic E-state index is 0.0897. The van der Waals surface area contributed by atoms with E-state index in [-0.39, 0.29) is 18.8 Å². The lowest BCUT2D eigenvalue weighted by atomic mass is 10.0. The zero-order chi connectivity index (χ0) is 13.5. The van der Waals surface area contributed by atoms with E-state index >= 15 is 0 Å². The highest BCUT2D eigenvalue weighted by Gasteiger charge is 2.26. The largest absolute Gasteiger partial charge is 0.409 e. The molecule has 1 atom stereocenters. The van der Waals surface area contributed by atoms with Crippen LogP contribution >= 0.6 is 0 Å². The van der Waals surface area contributed by atoms with Gasteiger partial charge in [0.15, 0.2) is 5.84 Å². The van der Waals surface area contributed by atoms with Gasteiger partial charge in [-0.2, -0.15) is 13.2 Å². The van der Waals surface area contributed by atoms with Gasteiger partial charge in [-0.3, -0.25) is 4.79 Å². The number of halogens is 3. The Balaban J connectivity index is 4.01. The van der Waals surface area contributed by atoms with Crippen LogP contribution in [-0.2, 0) is 4.79 Å². The molecule has 0 saturated carbocycles. The molecule has 0 bridgehead atoms. The van der Waals surface area contributed by atoms with Crippen molar-refractivity contribution in [3.05, 3.63) is 0 Å². The second kappa shape index (κ2) is 6.97. The van der Waals surface area contributed by atoms with Gasteiger partial charge in [0.25, 0.3) is 0 Å². The number of nitrogens with two attached hydrogens (primary N) is 1. The average molecular weight is 255 g/mol. The first-order valence-electron chi connectivity index (χ1n) is 5.13. The van der Waals surface area contributed by atoms with E-state index in [2.05, 4.69) is 10.5 Å². The SMILES string of the molecule is CCC(C(=O)NCCCC(F)(F)F)C(N)=NO. The van der Waals surface area contributed by atoms with Crippen molar-refractivity contribution < 1.29 is 23.2 Å². The number of carbonyl (C=O) groups excluding carboxylic acids is 1. The van der Waals surface area contributed by atoms with Crippen molar-refractivity contribution in [3.8, 4) is 0 Å². The molecule has 0 heterocycles. The number of rotatable bonds is 6. The van der Waals surface area contributed by atoms with Crippen molar-refractivity contribution in [2.45, 2.75) is 32.4 Å². The molecular formula is C9H16F3N3O2. The molecule has 0 saturated heterocycles. The van der Waals surface area contributed by atoms with Crippen LogP contribution in [0.25, 0.3) is 0 Å². The minimum atomic E-state index is -4.22. The highest BCUT2D eigenvalue weighted by molar-refractivity contribution is 6.01. The fourth-order valence-corrected chi connectivity index (χ4v) is 1.22. The number of nitrogens with zero attached hydrogens (tertiary/aromatic N) is 1. The molecule has 100 valence electrons. The molecule has 0 aromatic rings. The molecule has 8 heteroatoms. The number of hydrogen-bond acceptors (Lipinski definition) is 3. The first kappa shape index (κ1) is 15.5. The van der Waals surface area contributed by atoms with Crippen molar-refractivity contribution in [2.75, 3.05) is 6.54 Å². The summed E-state index contributed by atoms with van der Waals surface area (Å²) in [5.74, 6) is -1.60. The van der Waals surface area contributed by atoms with Crippen LogP contribution in [0.15, 0.2) is 5.16 Å². The number of amidine groups is 1. The Bertz CT molecular complexity index is 279. The first-order chi connectivity index (χ1) is 7.81. The second-order valence-electron chi connectivity index (χ2n) is 3.50. The van der Waals surface area contributed by atoms with Crippen LogP contribution in [-0.4, -0.2) is 29.7 Å². The molecule has 5 nitrogen and oxygen atoms in total. The molecule has 0 radical (unpaired) electrons. The number of oxime groups is 1. The van der Waals surface area contributed by atoms with E-state index < -0.39 is 24.4 Å². The van der Waals surface area contributed by atoms with Gasteiger partial charge >= 0.3 is 6.18 Å². The van der Waals surface area contributed by atoms with E-state index in [1.54, 1.807) is 6.92 Å². The van der Waals surface area contributed by atoms with Crippen LogP contribution in [0.5, 0.6) is 0 Å². The summed E-state index contributed by atoms with van der Waals surface area (Å²) in [7, 11) is 0. The Hall–Kier alpha value is -1.47. The molecule has 0 aliphatic rings. The maximum Gasteiger partial charge on any atom is 0.389 e. The summed E-state index contributed by atoms with van der Waals surface area (Å²) in [4.78, 5) is 11.4. The Morgan fingerprint density at radius 3 is 2.53 bits per heavy atom. The lowest BCUT2D eigenvalue weighted by molar-refractivity contribution is -0.136. The molecule has 1 unspecified atom stereocenters. The Morgan fingerprint density at radius 1 is 1.53 bits per heavy atom. The number of amides is 1. The predicted octanol–water partition coefficient (Wildman–Crippen LogP) is 1.22. The normalized spacial score (nSPS) is 14.5. The van der Waals surface area contributed by atoms with E-state index in [0.29, 0.717) is 6.42 Å². The summed E-state index contributed by atoms with van der Waals surface area (Å²) < 4.78 is 35.4. The highest BCUT2D eigenvalue weighted by atomic mass is 19.4. The summed E-state index contributed by atoms with van der Waals surface area (Å²) in [6.45, 7) is 1.56. The van der Waals surface area contributed by atoms with Crippen LogP contribution in [0.1, 0.15) is 26.2 Å². The van der Waals surface area contributed by atoms with Crippen LogP contribution in [0.4, 0.5) is 13.2 Å². The fourth-order valence-electron chi connectivity index (χ4n) is 1.22. The van der Waals surface area contributed by atoms with Crippen molar-refractivity contribution in [1.82, 2.24) is 5.32 Å². The molecular weight excluding hydrogens is 239 g/mol. The third kappa shape index (κ3) is 6.64. The topological polar surface area (TPSA) is 87.7 Å². The number of alkyl halides is 3. The Kier molecular flexibility index (Phi) is 6.37.